The van der Waals surface area contributed by atoms with E-state index in [0.717, 1.165) is 34.0 Å². The predicted octanol–water partition coefficient (Wildman–Crippen LogP) is 12.7. The normalized spacial score (nSPS) is 11.1. The first-order valence-electron chi connectivity index (χ1n) is 15.2. The molecule has 0 amide bonds. The van der Waals surface area contributed by atoms with Crippen molar-refractivity contribution in [3.8, 4) is 11.1 Å². The van der Waals surface area contributed by atoms with Crippen molar-refractivity contribution >= 4 is 65.6 Å². The fraction of sp³-hybridized carbons (Fsp3) is 0. The van der Waals surface area contributed by atoms with Crippen LogP contribution in [0.25, 0.3) is 31.3 Å². The second-order valence-corrected chi connectivity index (χ2v) is 12.1. The summed E-state index contributed by atoms with van der Waals surface area (Å²) in [5.74, 6) is 0. The van der Waals surface area contributed by atoms with Crippen LogP contribution in [0, 0.1) is 0 Å². The Morgan fingerprint density at radius 3 is 1.58 bits per heavy atom. The van der Waals surface area contributed by atoms with Crippen molar-refractivity contribution in [2.75, 3.05) is 9.80 Å². The van der Waals surface area contributed by atoms with E-state index < -0.39 is 0 Å². The highest BCUT2D eigenvalue weighted by Crippen LogP contribution is 2.47. The lowest BCUT2D eigenvalue weighted by atomic mass is 10.00. The molecule has 0 bridgehead atoms. The van der Waals surface area contributed by atoms with E-state index in [2.05, 4.69) is 192 Å². The topological polar surface area (TPSA) is 6.48 Å². The average Bonchev–Trinajstić information content (AvgIpc) is 3.50. The molecule has 0 N–H and O–H groups in total. The highest BCUT2D eigenvalue weighted by Gasteiger charge is 2.21. The molecule has 3 heteroatoms. The second-order valence-electron chi connectivity index (χ2n) is 11.0. The molecule has 0 aliphatic heterocycles. The van der Waals surface area contributed by atoms with Crippen molar-refractivity contribution < 1.29 is 0 Å². The van der Waals surface area contributed by atoms with Gasteiger partial charge in [-0.3, -0.25) is 0 Å². The Labute approximate surface area is 267 Å². The molecule has 0 aliphatic rings. The molecule has 214 valence electrons. The number of rotatable bonds is 7. The van der Waals surface area contributed by atoms with Crippen LogP contribution in [-0.4, -0.2) is 0 Å². The van der Waals surface area contributed by atoms with Gasteiger partial charge >= 0.3 is 0 Å². The number of fused-ring (bicyclic) bond motifs is 3. The first-order valence-corrected chi connectivity index (χ1v) is 16.0. The van der Waals surface area contributed by atoms with E-state index >= 15 is 0 Å². The molecule has 0 unspecified atom stereocenters. The Morgan fingerprint density at radius 2 is 0.867 bits per heavy atom. The monoisotopic (exact) mass is 594 g/mol. The van der Waals surface area contributed by atoms with Crippen molar-refractivity contribution in [2.45, 2.75) is 0 Å². The molecule has 8 rings (SSSR count). The van der Waals surface area contributed by atoms with Gasteiger partial charge in [0.1, 0.15) is 0 Å². The second kappa shape index (κ2) is 11.8. The van der Waals surface area contributed by atoms with Crippen LogP contribution in [0.1, 0.15) is 0 Å². The molecule has 0 radical (unpaired) electrons. The van der Waals surface area contributed by atoms with Gasteiger partial charge in [0, 0.05) is 48.5 Å². The van der Waals surface area contributed by atoms with E-state index in [1.54, 1.807) is 0 Å². The summed E-state index contributed by atoms with van der Waals surface area (Å²) in [5, 5.41) is 2.57. The quantitative estimate of drug-likeness (QED) is 0.181. The van der Waals surface area contributed by atoms with E-state index in [-0.39, 0.29) is 0 Å². The van der Waals surface area contributed by atoms with Crippen molar-refractivity contribution in [2.24, 2.45) is 0 Å². The minimum Gasteiger partial charge on any atom is -0.310 e. The molecular formula is C42H30N2S. The van der Waals surface area contributed by atoms with Crippen LogP contribution in [0.15, 0.2) is 182 Å². The highest BCUT2D eigenvalue weighted by molar-refractivity contribution is 7.26. The van der Waals surface area contributed by atoms with Crippen LogP contribution in [-0.2, 0) is 0 Å². The maximum Gasteiger partial charge on any atom is 0.0555 e. The average molecular weight is 595 g/mol. The number of para-hydroxylation sites is 4. The first kappa shape index (κ1) is 26.9. The van der Waals surface area contributed by atoms with Gasteiger partial charge in [-0.2, -0.15) is 0 Å². The van der Waals surface area contributed by atoms with Gasteiger partial charge in [0.05, 0.1) is 11.4 Å². The summed E-state index contributed by atoms with van der Waals surface area (Å²) in [6.07, 6.45) is 0. The van der Waals surface area contributed by atoms with Gasteiger partial charge in [0.15, 0.2) is 0 Å². The SMILES string of the molecule is c1ccc(N(c2ccccc2)c2cccc(-c3ccccc3N(c3ccccc3)c3cccc4sc5ccccc5c34)c2)cc1. The lowest BCUT2D eigenvalue weighted by Gasteiger charge is -2.29. The summed E-state index contributed by atoms with van der Waals surface area (Å²) in [6.45, 7) is 0. The van der Waals surface area contributed by atoms with Crippen LogP contribution >= 0.6 is 11.3 Å². The molecule has 0 saturated carbocycles. The number of thiophene rings is 1. The number of hydrogen-bond acceptors (Lipinski definition) is 3. The maximum absolute atomic E-state index is 2.43. The maximum atomic E-state index is 2.43. The van der Waals surface area contributed by atoms with Gasteiger partial charge in [0.25, 0.3) is 0 Å². The van der Waals surface area contributed by atoms with Crippen molar-refractivity contribution in [3.05, 3.63) is 182 Å². The number of nitrogens with zero attached hydrogens (tertiary/aromatic N) is 2. The Morgan fingerprint density at radius 1 is 0.356 bits per heavy atom. The molecule has 45 heavy (non-hydrogen) atoms. The largest absolute Gasteiger partial charge is 0.310 e. The van der Waals surface area contributed by atoms with Gasteiger partial charge in [0.2, 0.25) is 0 Å². The molecule has 0 atom stereocenters. The van der Waals surface area contributed by atoms with Gasteiger partial charge in [-0.05, 0) is 78.4 Å². The Kier molecular flexibility index (Phi) is 7.07. The van der Waals surface area contributed by atoms with E-state index in [4.69, 9.17) is 0 Å². The molecular weight excluding hydrogens is 565 g/mol. The number of hydrogen-bond donors (Lipinski definition) is 0. The summed E-state index contributed by atoms with van der Waals surface area (Å²) in [7, 11) is 0. The van der Waals surface area contributed by atoms with Crippen LogP contribution in [0.3, 0.4) is 0 Å². The zero-order valence-electron chi connectivity index (χ0n) is 24.6. The molecule has 8 aromatic rings. The fourth-order valence-electron chi connectivity index (χ4n) is 6.25. The number of benzene rings is 7. The van der Waals surface area contributed by atoms with Crippen molar-refractivity contribution in [3.63, 3.8) is 0 Å². The third-order valence-corrected chi connectivity index (χ3v) is 9.36. The summed E-state index contributed by atoms with van der Waals surface area (Å²) >= 11 is 1.85. The summed E-state index contributed by atoms with van der Waals surface area (Å²) in [5.41, 5.74) is 9.11. The molecule has 0 saturated heterocycles. The van der Waals surface area contributed by atoms with Gasteiger partial charge in [-0.1, -0.05) is 109 Å². The lowest BCUT2D eigenvalue weighted by Crippen LogP contribution is -2.12. The predicted molar refractivity (Wildman–Crippen MR) is 194 cm³/mol. The first-order chi connectivity index (χ1) is 22.3. The molecule has 0 aliphatic carbocycles. The van der Waals surface area contributed by atoms with Crippen LogP contribution < -0.4 is 9.80 Å². The van der Waals surface area contributed by atoms with Crippen molar-refractivity contribution in [1.29, 1.82) is 0 Å². The molecule has 2 nitrogen and oxygen atoms in total. The summed E-state index contributed by atoms with van der Waals surface area (Å²) < 4.78 is 2.59. The third kappa shape index (κ3) is 5.04. The van der Waals surface area contributed by atoms with E-state index in [0.29, 0.717) is 0 Å². The standard InChI is InChI=1S/C42H30N2S/c1-4-17-32(18-5-1)43(33-19-6-2-7-20-33)35-23-14-16-31(30-35)36-24-10-12-26-38(36)44(34-21-8-3-9-22-34)39-27-15-29-41-42(39)37-25-11-13-28-40(37)45-41/h1-30H. The molecule has 1 heterocycles. The fourth-order valence-corrected chi connectivity index (χ4v) is 7.38. The highest BCUT2D eigenvalue weighted by atomic mass is 32.1. The van der Waals surface area contributed by atoms with E-state index in [1.807, 2.05) is 11.3 Å². The van der Waals surface area contributed by atoms with Crippen LogP contribution in [0.2, 0.25) is 0 Å². The lowest BCUT2D eigenvalue weighted by molar-refractivity contribution is 1.28. The Balaban J connectivity index is 1.33. The van der Waals surface area contributed by atoms with Gasteiger partial charge in [-0.15, -0.1) is 11.3 Å². The van der Waals surface area contributed by atoms with Gasteiger partial charge in [-0.25, -0.2) is 0 Å². The summed E-state index contributed by atoms with van der Waals surface area (Å²) in [6, 6.07) is 65.0. The molecule has 1 aromatic heterocycles. The zero-order chi connectivity index (χ0) is 30.0. The van der Waals surface area contributed by atoms with Crippen LogP contribution in [0.4, 0.5) is 34.1 Å². The number of anilines is 6. The third-order valence-electron chi connectivity index (χ3n) is 8.22. The van der Waals surface area contributed by atoms with Crippen LogP contribution in [0.5, 0.6) is 0 Å². The molecule has 0 fully saturated rings. The minimum absolute atomic E-state index is 1.11. The zero-order valence-corrected chi connectivity index (χ0v) is 25.4. The minimum atomic E-state index is 1.11. The van der Waals surface area contributed by atoms with E-state index in [1.165, 1.54) is 31.4 Å². The van der Waals surface area contributed by atoms with Crippen molar-refractivity contribution in [1.82, 2.24) is 0 Å². The Hall–Kier alpha value is -5.64. The molecule has 0 spiro atoms. The molecule has 7 aromatic carbocycles. The van der Waals surface area contributed by atoms with E-state index in [9.17, 15) is 0 Å². The smallest absolute Gasteiger partial charge is 0.0555 e. The van der Waals surface area contributed by atoms with Gasteiger partial charge < -0.3 is 9.80 Å². The Bertz CT molecular complexity index is 2180. The summed E-state index contributed by atoms with van der Waals surface area (Å²) in [4.78, 5) is 4.75.